The highest BCUT2D eigenvalue weighted by atomic mass is 16.6. The van der Waals surface area contributed by atoms with Gasteiger partial charge in [0.25, 0.3) is 11.8 Å². The van der Waals surface area contributed by atoms with Crippen molar-refractivity contribution in [2.45, 2.75) is 19.8 Å². The molecule has 2 amide bonds. The summed E-state index contributed by atoms with van der Waals surface area (Å²) < 4.78 is 59.8. The highest BCUT2D eigenvalue weighted by Gasteiger charge is 2.22. The number of nitrogens with zero attached hydrogens (tertiary/aromatic N) is 1. The van der Waals surface area contributed by atoms with Crippen molar-refractivity contribution in [1.29, 1.82) is 0 Å². The molecular formula is C37H60N2O14. The van der Waals surface area contributed by atoms with Gasteiger partial charge in [-0.15, -0.1) is 0 Å². The van der Waals surface area contributed by atoms with E-state index in [4.69, 9.17) is 52.1 Å². The fourth-order valence-electron chi connectivity index (χ4n) is 4.30. The summed E-state index contributed by atoms with van der Waals surface area (Å²) in [6, 6.07) is 7.27. The third kappa shape index (κ3) is 25.6. The van der Waals surface area contributed by atoms with E-state index in [9.17, 15) is 14.4 Å². The zero-order valence-electron chi connectivity index (χ0n) is 31.3. The molecule has 1 aromatic rings. The molecule has 0 bridgehead atoms. The maximum absolute atomic E-state index is 12.1. The van der Waals surface area contributed by atoms with Crippen LogP contribution in [0.1, 0.15) is 30.1 Å². The maximum atomic E-state index is 12.1. The lowest BCUT2D eigenvalue weighted by molar-refractivity contribution is -0.137. The number of imide groups is 1. The summed E-state index contributed by atoms with van der Waals surface area (Å²) in [6.07, 6.45) is 4.74. The smallest absolute Gasteiger partial charge is 0.338 e. The first-order chi connectivity index (χ1) is 26.1. The molecular weight excluding hydrogens is 696 g/mol. The number of esters is 1. The van der Waals surface area contributed by atoms with Crippen LogP contribution in [0.25, 0.3) is 0 Å². The van der Waals surface area contributed by atoms with Gasteiger partial charge in [0.1, 0.15) is 6.61 Å². The molecule has 1 aliphatic heterocycles. The fourth-order valence-corrected chi connectivity index (χ4v) is 4.30. The van der Waals surface area contributed by atoms with Gasteiger partial charge in [0.2, 0.25) is 0 Å². The molecule has 53 heavy (non-hydrogen) atoms. The molecule has 0 saturated heterocycles. The minimum absolute atomic E-state index is 0.182. The van der Waals surface area contributed by atoms with Crippen molar-refractivity contribution in [2.24, 2.45) is 0 Å². The van der Waals surface area contributed by atoms with Gasteiger partial charge >= 0.3 is 5.97 Å². The summed E-state index contributed by atoms with van der Waals surface area (Å²) >= 11 is 0. The van der Waals surface area contributed by atoms with Gasteiger partial charge in [0.05, 0.1) is 144 Å². The van der Waals surface area contributed by atoms with E-state index in [0.717, 1.165) is 30.0 Å². The fraction of sp³-hybridized carbons (Fsp3) is 0.703. The van der Waals surface area contributed by atoms with Gasteiger partial charge in [-0.3, -0.25) is 14.5 Å². The topological polar surface area (TPSA) is 168 Å². The van der Waals surface area contributed by atoms with Gasteiger partial charge in [0.15, 0.2) is 0 Å². The average molecular weight is 757 g/mol. The standard InChI is InChI=1S/C37H60N2O14/c1-2-3-10-38-34-6-4-33(5-7-34)37(42)53-32-31-52-30-29-51-28-27-50-26-25-49-24-23-48-22-21-47-20-19-46-18-17-45-16-15-44-14-13-43-12-11-39-35(40)8-9-36(39)41/h4-9,38H,2-3,10-32H2,1H3. The molecule has 1 heterocycles. The van der Waals surface area contributed by atoms with E-state index in [1.165, 1.54) is 12.2 Å². The van der Waals surface area contributed by atoms with E-state index in [1.54, 1.807) is 12.1 Å². The zero-order valence-corrected chi connectivity index (χ0v) is 31.3. The van der Waals surface area contributed by atoms with Crippen molar-refractivity contribution in [1.82, 2.24) is 4.90 Å². The molecule has 0 fully saturated rings. The Kier molecular flexibility index (Phi) is 29.2. The monoisotopic (exact) mass is 756 g/mol. The van der Waals surface area contributed by atoms with Crippen LogP contribution in [0, 0.1) is 0 Å². The molecule has 302 valence electrons. The molecule has 0 radical (unpaired) electrons. The number of ether oxygens (including phenoxy) is 11. The van der Waals surface area contributed by atoms with Gasteiger partial charge in [-0.1, -0.05) is 13.3 Å². The van der Waals surface area contributed by atoms with Crippen LogP contribution in [0.5, 0.6) is 0 Å². The lowest BCUT2D eigenvalue weighted by Gasteiger charge is -2.13. The summed E-state index contributed by atoms with van der Waals surface area (Å²) in [5.74, 6) is -0.988. The predicted octanol–water partition coefficient (Wildman–Crippen LogP) is 2.15. The predicted molar refractivity (Wildman–Crippen MR) is 194 cm³/mol. The summed E-state index contributed by atoms with van der Waals surface area (Å²) in [6.45, 7) is 12.1. The van der Waals surface area contributed by atoms with Crippen molar-refractivity contribution in [3.63, 3.8) is 0 Å². The van der Waals surface area contributed by atoms with Crippen molar-refractivity contribution in [3.05, 3.63) is 42.0 Å². The van der Waals surface area contributed by atoms with Gasteiger partial charge < -0.3 is 57.4 Å². The van der Waals surface area contributed by atoms with Gasteiger partial charge in [-0.2, -0.15) is 0 Å². The third-order valence-corrected chi connectivity index (χ3v) is 7.15. The van der Waals surface area contributed by atoms with Crippen molar-refractivity contribution >= 4 is 23.5 Å². The summed E-state index contributed by atoms with van der Waals surface area (Å²) in [4.78, 5) is 36.1. The number of benzene rings is 1. The molecule has 0 atom stereocenters. The summed E-state index contributed by atoms with van der Waals surface area (Å²) in [5, 5.41) is 3.31. The number of amides is 2. The molecule has 16 nitrogen and oxygen atoms in total. The minimum atomic E-state index is -0.368. The Labute approximate surface area is 313 Å². The van der Waals surface area contributed by atoms with Crippen LogP contribution in [0.2, 0.25) is 0 Å². The van der Waals surface area contributed by atoms with Crippen LogP contribution < -0.4 is 5.32 Å². The SMILES string of the molecule is CCCCNc1ccc(C(=O)OCCOCCOCCOCCOCCOCCOCCOCCOCCOCCOCCN2C(=O)C=CC2=O)cc1. The number of carbonyl (C=O) groups excluding carboxylic acids is 3. The number of carbonyl (C=O) groups is 3. The van der Waals surface area contributed by atoms with Crippen LogP contribution in [0.4, 0.5) is 5.69 Å². The summed E-state index contributed by atoms with van der Waals surface area (Å²) in [7, 11) is 0. The highest BCUT2D eigenvalue weighted by Crippen LogP contribution is 2.11. The number of nitrogens with one attached hydrogen (secondary N) is 1. The molecule has 0 aromatic heterocycles. The Morgan fingerprint density at radius 1 is 0.509 bits per heavy atom. The van der Waals surface area contributed by atoms with E-state index >= 15 is 0 Å². The third-order valence-electron chi connectivity index (χ3n) is 7.15. The lowest BCUT2D eigenvalue weighted by Crippen LogP contribution is -2.33. The maximum Gasteiger partial charge on any atom is 0.338 e. The molecule has 16 heteroatoms. The van der Waals surface area contributed by atoms with Crippen LogP contribution in [-0.2, 0) is 61.7 Å². The molecule has 2 rings (SSSR count). The largest absolute Gasteiger partial charge is 0.460 e. The first-order valence-corrected chi connectivity index (χ1v) is 18.4. The Balaban J connectivity index is 1.18. The number of unbranched alkanes of at least 4 members (excludes halogenated alkanes) is 1. The Hall–Kier alpha value is -3.03. The van der Waals surface area contributed by atoms with Crippen LogP contribution in [0.3, 0.4) is 0 Å². The highest BCUT2D eigenvalue weighted by molar-refractivity contribution is 6.12. The Morgan fingerprint density at radius 2 is 0.849 bits per heavy atom. The van der Waals surface area contributed by atoms with E-state index in [2.05, 4.69) is 12.2 Å². The minimum Gasteiger partial charge on any atom is -0.460 e. The quantitative estimate of drug-likeness (QED) is 0.0592. The second-order valence-corrected chi connectivity index (χ2v) is 11.3. The van der Waals surface area contributed by atoms with Gasteiger partial charge in [-0.25, -0.2) is 4.79 Å². The number of hydrogen-bond acceptors (Lipinski definition) is 15. The Bertz CT molecular complexity index is 1070. The normalized spacial score (nSPS) is 12.7. The number of rotatable bonds is 38. The summed E-state index contributed by atoms with van der Waals surface area (Å²) in [5.41, 5.74) is 1.50. The number of hydrogen-bond donors (Lipinski definition) is 1. The van der Waals surface area contributed by atoms with Crippen molar-refractivity contribution in [3.8, 4) is 0 Å². The van der Waals surface area contributed by atoms with E-state index < -0.39 is 0 Å². The molecule has 1 N–H and O–H groups in total. The van der Waals surface area contributed by atoms with E-state index in [1.807, 2.05) is 12.1 Å². The lowest BCUT2D eigenvalue weighted by atomic mass is 10.2. The van der Waals surface area contributed by atoms with E-state index in [0.29, 0.717) is 131 Å². The van der Waals surface area contributed by atoms with Crippen molar-refractivity contribution in [2.75, 3.05) is 157 Å². The van der Waals surface area contributed by atoms with Gasteiger partial charge in [-0.05, 0) is 30.7 Å². The van der Waals surface area contributed by atoms with Gasteiger partial charge in [0, 0.05) is 24.4 Å². The molecule has 0 aliphatic carbocycles. The molecule has 1 aromatic carbocycles. The van der Waals surface area contributed by atoms with Crippen LogP contribution in [0.15, 0.2) is 36.4 Å². The zero-order chi connectivity index (χ0) is 37.9. The Morgan fingerprint density at radius 3 is 1.21 bits per heavy atom. The average Bonchev–Trinajstić information content (AvgIpc) is 3.49. The van der Waals surface area contributed by atoms with Crippen LogP contribution >= 0.6 is 0 Å². The second kappa shape index (κ2) is 33.5. The molecule has 1 aliphatic rings. The second-order valence-electron chi connectivity index (χ2n) is 11.3. The van der Waals surface area contributed by atoms with E-state index in [-0.39, 0.29) is 37.5 Å². The van der Waals surface area contributed by atoms with Crippen molar-refractivity contribution < 1.29 is 66.5 Å². The first kappa shape index (κ1) is 46.1. The van der Waals surface area contributed by atoms with Crippen LogP contribution in [-0.4, -0.2) is 175 Å². The molecule has 0 unspecified atom stereocenters. The number of anilines is 1. The molecule has 0 spiro atoms. The first-order valence-electron chi connectivity index (χ1n) is 18.4. The molecule has 0 saturated carbocycles.